The first-order valence-electron chi connectivity index (χ1n) is 3.41. The summed E-state index contributed by atoms with van der Waals surface area (Å²) in [7, 11) is 0. The van der Waals surface area contributed by atoms with Crippen LogP contribution in [-0.2, 0) is 9.84 Å². The predicted octanol–water partition coefficient (Wildman–Crippen LogP) is -2.10. The van der Waals surface area contributed by atoms with Crippen molar-refractivity contribution in [3.8, 4) is 0 Å². The lowest BCUT2D eigenvalue weighted by molar-refractivity contribution is -0.211. The van der Waals surface area contributed by atoms with Crippen molar-refractivity contribution in [2.75, 3.05) is 13.2 Å². The van der Waals surface area contributed by atoms with Gasteiger partial charge in [-0.15, -0.1) is 0 Å². The molecular weight excluding hydrogens is 152 g/mol. The molecule has 1 saturated heterocycles. The highest BCUT2D eigenvalue weighted by Crippen LogP contribution is 2.15. The quantitative estimate of drug-likeness (QED) is 0.413. The molecule has 1 aliphatic heterocycles. The van der Waals surface area contributed by atoms with E-state index >= 15 is 0 Å². The number of hydrogen-bond donors (Lipinski definition) is 3. The summed E-state index contributed by atoms with van der Waals surface area (Å²) in [5.41, 5.74) is 0. The topological polar surface area (TPSA) is 89.8 Å². The van der Waals surface area contributed by atoms with Crippen molar-refractivity contribution >= 4 is 0 Å². The lowest BCUT2D eigenvalue weighted by Crippen LogP contribution is -2.53. The van der Waals surface area contributed by atoms with Gasteiger partial charge in [-0.1, -0.05) is 0 Å². The van der Waals surface area contributed by atoms with Crippen LogP contribution in [-0.4, -0.2) is 52.9 Å². The second-order valence-electron chi connectivity index (χ2n) is 2.58. The summed E-state index contributed by atoms with van der Waals surface area (Å²) in [6.07, 6.45) is -4.81. The largest absolute Gasteiger partial charge is 0.394 e. The molecule has 1 heterocycles. The van der Waals surface area contributed by atoms with Crippen LogP contribution < -0.4 is 0 Å². The van der Waals surface area contributed by atoms with Crippen molar-refractivity contribution in [2.24, 2.45) is 0 Å². The summed E-state index contributed by atoms with van der Waals surface area (Å²) in [4.78, 5) is 0. The number of aliphatic hydroxyl groups excluding tert-OH is 3. The van der Waals surface area contributed by atoms with E-state index in [0.717, 1.165) is 0 Å². The van der Waals surface area contributed by atoms with Gasteiger partial charge in [0.25, 0.3) is 0 Å². The molecule has 0 amide bonds. The first kappa shape index (κ1) is 8.89. The normalized spacial score (nSPS) is 45.8. The van der Waals surface area contributed by atoms with E-state index in [0.29, 0.717) is 0 Å². The van der Waals surface area contributed by atoms with E-state index in [-0.39, 0.29) is 6.61 Å². The van der Waals surface area contributed by atoms with Crippen LogP contribution in [0.5, 0.6) is 0 Å². The minimum Gasteiger partial charge on any atom is -0.394 e. The van der Waals surface area contributed by atoms with Gasteiger partial charge in [-0.25, -0.2) is 5.11 Å². The Labute approximate surface area is 63.8 Å². The molecule has 0 aromatic heterocycles. The summed E-state index contributed by atoms with van der Waals surface area (Å²) in [6, 6.07) is 0. The van der Waals surface area contributed by atoms with Crippen LogP contribution in [0.4, 0.5) is 0 Å². The highest BCUT2D eigenvalue weighted by molar-refractivity contribution is 4.85. The maximum absolute atomic E-state index is 10.9. The Morgan fingerprint density at radius 1 is 1.45 bits per heavy atom. The smallest absolute Gasteiger partial charge is 0.149 e. The first-order chi connectivity index (χ1) is 5.16. The molecule has 0 aromatic carbocycles. The maximum Gasteiger partial charge on any atom is 0.149 e. The van der Waals surface area contributed by atoms with E-state index in [4.69, 9.17) is 20.1 Å². The monoisotopic (exact) mass is 163 g/mol. The fraction of sp³-hybridized carbons (Fsp3) is 1.00. The van der Waals surface area contributed by atoms with Crippen molar-refractivity contribution < 1.29 is 25.2 Å². The molecule has 0 bridgehead atoms. The third-order valence-corrected chi connectivity index (χ3v) is 1.76. The maximum atomic E-state index is 10.9. The predicted molar refractivity (Wildman–Crippen MR) is 33.3 cm³/mol. The fourth-order valence-electron chi connectivity index (χ4n) is 1.02. The number of ether oxygens (including phenoxy) is 1. The molecular formula is C6H11O5. The molecule has 4 atom stereocenters. The van der Waals surface area contributed by atoms with Crippen molar-refractivity contribution in [3.63, 3.8) is 0 Å². The van der Waals surface area contributed by atoms with E-state index in [9.17, 15) is 5.11 Å². The van der Waals surface area contributed by atoms with Crippen molar-refractivity contribution in [2.45, 2.75) is 24.4 Å². The van der Waals surface area contributed by atoms with Crippen LogP contribution in [0.1, 0.15) is 0 Å². The van der Waals surface area contributed by atoms with Gasteiger partial charge in [0.1, 0.15) is 24.4 Å². The Kier molecular flexibility index (Phi) is 2.80. The summed E-state index contributed by atoms with van der Waals surface area (Å²) in [5, 5.41) is 37.4. The van der Waals surface area contributed by atoms with Gasteiger partial charge >= 0.3 is 0 Å². The van der Waals surface area contributed by atoms with Gasteiger partial charge in [-0.2, -0.15) is 0 Å². The van der Waals surface area contributed by atoms with Crippen LogP contribution in [0, 0.1) is 0 Å². The molecule has 5 nitrogen and oxygen atoms in total. The van der Waals surface area contributed by atoms with Crippen LogP contribution in [0.3, 0.4) is 0 Å². The molecule has 0 aromatic rings. The van der Waals surface area contributed by atoms with Crippen molar-refractivity contribution in [1.29, 1.82) is 0 Å². The second kappa shape index (κ2) is 3.46. The highest BCUT2D eigenvalue weighted by Gasteiger charge is 2.38. The van der Waals surface area contributed by atoms with Gasteiger partial charge in [0, 0.05) is 0 Å². The molecule has 65 valence electrons. The average molecular weight is 163 g/mol. The summed E-state index contributed by atoms with van der Waals surface area (Å²) in [5.74, 6) is 0. The van der Waals surface area contributed by atoms with Crippen LogP contribution in [0.25, 0.3) is 0 Å². The third-order valence-electron chi connectivity index (χ3n) is 1.76. The molecule has 1 radical (unpaired) electrons. The van der Waals surface area contributed by atoms with Crippen LogP contribution in [0.2, 0.25) is 0 Å². The number of rotatable bonds is 1. The Balaban J connectivity index is 2.52. The fourth-order valence-corrected chi connectivity index (χ4v) is 1.02. The third kappa shape index (κ3) is 1.69. The van der Waals surface area contributed by atoms with E-state index in [1.54, 1.807) is 0 Å². The van der Waals surface area contributed by atoms with E-state index in [1.807, 2.05) is 0 Å². The Hall–Kier alpha value is -0.200. The summed E-state index contributed by atoms with van der Waals surface area (Å²) >= 11 is 0. The van der Waals surface area contributed by atoms with E-state index < -0.39 is 31.0 Å². The minimum absolute atomic E-state index is 0.115. The lowest BCUT2D eigenvalue weighted by Gasteiger charge is -2.32. The highest BCUT2D eigenvalue weighted by atomic mass is 16.5. The van der Waals surface area contributed by atoms with Crippen LogP contribution >= 0.6 is 0 Å². The Morgan fingerprint density at radius 3 is 2.64 bits per heavy atom. The molecule has 5 heteroatoms. The van der Waals surface area contributed by atoms with Crippen LogP contribution in [0.15, 0.2) is 0 Å². The van der Waals surface area contributed by atoms with E-state index in [2.05, 4.69) is 0 Å². The number of hydrogen-bond acceptors (Lipinski definition) is 4. The zero-order chi connectivity index (χ0) is 8.43. The standard InChI is InChI=1S/C6H11O5/c7-1-4-6(10)5(9)3(8)2-11-4/h3-8,10H,1-2H2/t3-,4+,5+,6-/m0/s1. The van der Waals surface area contributed by atoms with Gasteiger partial charge in [0.2, 0.25) is 0 Å². The SMILES string of the molecule is [O][C@H]1[C@@H](O)[C@@H](CO)OC[C@@H]1O. The Bertz CT molecular complexity index is 126. The zero-order valence-electron chi connectivity index (χ0n) is 5.88. The number of aliphatic hydroxyl groups is 3. The first-order valence-corrected chi connectivity index (χ1v) is 3.41. The molecule has 0 spiro atoms. The van der Waals surface area contributed by atoms with Gasteiger partial charge in [-0.3, -0.25) is 0 Å². The summed E-state index contributed by atoms with van der Waals surface area (Å²) in [6.45, 7) is -0.511. The average Bonchev–Trinajstić information content (AvgIpc) is 2.01. The molecule has 0 aliphatic carbocycles. The van der Waals surface area contributed by atoms with E-state index in [1.165, 1.54) is 0 Å². The lowest BCUT2D eigenvalue weighted by atomic mass is 10.0. The zero-order valence-corrected chi connectivity index (χ0v) is 5.88. The molecule has 11 heavy (non-hydrogen) atoms. The van der Waals surface area contributed by atoms with Crippen molar-refractivity contribution in [3.05, 3.63) is 0 Å². The van der Waals surface area contributed by atoms with Crippen molar-refractivity contribution in [1.82, 2.24) is 0 Å². The molecule has 3 N–H and O–H groups in total. The second-order valence-corrected chi connectivity index (χ2v) is 2.58. The molecule has 0 unspecified atom stereocenters. The molecule has 0 saturated carbocycles. The van der Waals surface area contributed by atoms with Gasteiger partial charge in [-0.05, 0) is 0 Å². The molecule has 1 aliphatic rings. The van der Waals surface area contributed by atoms with Gasteiger partial charge in [0.15, 0.2) is 0 Å². The Morgan fingerprint density at radius 2 is 2.09 bits per heavy atom. The molecule has 1 fully saturated rings. The van der Waals surface area contributed by atoms with Gasteiger partial charge in [0.05, 0.1) is 13.2 Å². The summed E-state index contributed by atoms with van der Waals surface area (Å²) < 4.78 is 4.77. The minimum atomic E-state index is -1.47. The molecule has 1 rings (SSSR count). The van der Waals surface area contributed by atoms with Gasteiger partial charge < -0.3 is 20.1 Å².